The minimum absolute atomic E-state index is 0.179. The van der Waals surface area contributed by atoms with Crippen LogP contribution in [0.3, 0.4) is 0 Å². The summed E-state index contributed by atoms with van der Waals surface area (Å²) >= 11 is 0. The predicted molar refractivity (Wildman–Crippen MR) is 107 cm³/mol. The fraction of sp³-hybridized carbons (Fsp3) is 0.318. The fourth-order valence-corrected chi connectivity index (χ4v) is 3.22. The molecule has 0 aliphatic rings. The van der Waals surface area contributed by atoms with Crippen molar-refractivity contribution in [3.8, 4) is 5.75 Å². The average Bonchev–Trinajstić information content (AvgIpc) is 3.01. The summed E-state index contributed by atoms with van der Waals surface area (Å²) in [5.74, 6) is 0.935. The quantitative estimate of drug-likeness (QED) is 0.673. The van der Waals surface area contributed by atoms with Crippen molar-refractivity contribution < 1.29 is 18.8 Å². The molecule has 0 fully saturated rings. The number of likely N-dealkylation sites (N-methyl/N-ethyl adjacent to an activating group) is 1. The number of fused-ring (bicyclic) bond motifs is 1. The Balaban J connectivity index is 1.72. The van der Waals surface area contributed by atoms with Crippen LogP contribution in [0, 0.1) is 6.92 Å². The van der Waals surface area contributed by atoms with Crippen LogP contribution in [-0.2, 0) is 6.42 Å². The van der Waals surface area contributed by atoms with Crippen molar-refractivity contribution in [1.29, 1.82) is 0 Å². The van der Waals surface area contributed by atoms with Gasteiger partial charge in [0.1, 0.15) is 17.4 Å². The molecular formula is C22H27N2O3+. The molecule has 1 heterocycles. The molecule has 5 heteroatoms. The van der Waals surface area contributed by atoms with Gasteiger partial charge in [-0.3, -0.25) is 4.79 Å². The van der Waals surface area contributed by atoms with E-state index in [9.17, 15) is 4.79 Å². The van der Waals surface area contributed by atoms with Crippen LogP contribution in [0.4, 0.5) is 0 Å². The number of aryl methyl sites for hydroxylation is 1. The maximum atomic E-state index is 12.7. The van der Waals surface area contributed by atoms with E-state index in [1.165, 1.54) is 10.5 Å². The highest BCUT2D eigenvalue weighted by molar-refractivity contribution is 5.99. The molecule has 3 rings (SSSR count). The molecule has 0 spiro atoms. The molecule has 1 atom stereocenters. The van der Waals surface area contributed by atoms with Crippen LogP contribution in [0.1, 0.15) is 21.7 Å². The number of methoxy groups -OCH3 is 1. The third-order valence-electron chi connectivity index (χ3n) is 5.00. The smallest absolute Gasteiger partial charge is 0.287 e. The molecule has 0 saturated carbocycles. The lowest BCUT2D eigenvalue weighted by Crippen LogP contribution is -3.11. The third kappa shape index (κ3) is 4.31. The zero-order chi connectivity index (χ0) is 19.4. The monoisotopic (exact) mass is 367 g/mol. The summed E-state index contributed by atoms with van der Waals surface area (Å²) in [6, 6.07) is 16.2. The first kappa shape index (κ1) is 19.0. The van der Waals surface area contributed by atoms with Gasteiger partial charge in [0.05, 0.1) is 27.7 Å². The maximum Gasteiger partial charge on any atom is 0.287 e. The van der Waals surface area contributed by atoms with Crippen molar-refractivity contribution in [2.45, 2.75) is 19.4 Å². The summed E-state index contributed by atoms with van der Waals surface area (Å²) < 4.78 is 11.1. The second-order valence-electron chi connectivity index (χ2n) is 7.09. The van der Waals surface area contributed by atoms with E-state index in [1.807, 2.05) is 43.3 Å². The zero-order valence-electron chi connectivity index (χ0n) is 16.3. The molecule has 2 aromatic carbocycles. The molecule has 0 saturated heterocycles. The number of quaternary nitrogens is 1. The lowest BCUT2D eigenvalue weighted by atomic mass is 10.1. The Hall–Kier alpha value is -2.79. The molecule has 2 N–H and O–H groups in total. The highest BCUT2D eigenvalue weighted by Gasteiger charge is 2.21. The number of furan rings is 1. The minimum atomic E-state index is -0.179. The molecule has 1 amide bonds. The first-order chi connectivity index (χ1) is 13.0. The Bertz CT molecular complexity index is 916. The van der Waals surface area contributed by atoms with Gasteiger partial charge >= 0.3 is 0 Å². The van der Waals surface area contributed by atoms with E-state index in [2.05, 4.69) is 31.5 Å². The Labute approximate surface area is 159 Å². The standard InChI is InChI=1S/C22H26N2O3/c1-15-19-13-18(26-4)10-11-20(19)27-21(15)22(25)23-14-17(24(2)3)12-16-8-6-5-7-9-16/h5-11,13,17H,12,14H2,1-4H3,(H,23,25)/p+1/t17-/m1/s1. The number of carbonyl (C=O) groups excluding carboxylic acids is 1. The van der Waals surface area contributed by atoms with Gasteiger partial charge in [0.15, 0.2) is 5.76 Å². The lowest BCUT2D eigenvalue weighted by molar-refractivity contribution is -0.884. The molecular weight excluding hydrogens is 340 g/mol. The Kier molecular flexibility index (Phi) is 5.81. The number of nitrogens with one attached hydrogen (secondary N) is 2. The SMILES string of the molecule is COc1ccc2oc(C(=O)NC[C@@H](Cc3ccccc3)[NH+](C)C)c(C)c2c1. The van der Waals surface area contributed by atoms with Crippen LogP contribution in [-0.4, -0.2) is 39.7 Å². The minimum Gasteiger partial charge on any atom is -0.497 e. The second kappa shape index (κ2) is 8.27. The summed E-state index contributed by atoms with van der Waals surface area (Å²) in [5.41, 5.74) is 2.79. The molecule has 27 heavy (non-hydrogen) atoms. The van der Waals surface area contributed by atoms with Crippen LogP contribution in [0.25, 0.3) is 11.0 Å². The van der Waals surface area contributed by atoms with Crippen molar-refractivity contribution in [2.75, 3.05) is 27.7 Å². The van der Waals surface area contributed by atoms with Crippen LogP contribution < -0.4 is 15.0 Å². The Morgan fingerprint density at radius 1 is 1.19 bits per heavy atom. The zero-order valence-corrected chi connectivity index (χ0v) is 16.3. The molecule has 5 nitrogen and oxygen atoms in total. The number of rotatable bonds is 7. The van der Waals surface area contributed by atoms with Gasteiger partial charge in [-0.15, -0.1) is 0 Å². The highest BCUT2D eigenvalue weighted by atomic mass is 16.5. The Morgan fingerprint density at radius 2 is 1.93 bits per heavy atom. The van der Waals surface area contributed by atoms with E-state index in [-0.39, 0.29) is 11.9 Å². The predicted octanol–water partition coefficient (Wildman–Crippen LogP) is 2.24. The van der Waals surface area contributed by atoms with Gasteiger partial charge in [-0.1, -0.05) is 30.3 Å². The van der Waals surface area contributed by atoms with E-state index < -0.39 is 0 Å². The average molecular weight is 367 g/mol. The van der Waals surface area contributed by atoms with Gasteiger partial charge in [0.2, 0.25) is 0 Å². The van der Waals surface area contributed by atoms with Crippen molar-refractivity contribution in [3.63, 3.8) is 0 Å². The summed E-state index contributed by atoms with van der Waals surface area (Å²) in [6.45, 7) is 2.48. The molecule has 0 radical (unpaired) electrons. The van der Waals surface area contributed by atoms with Crippen LogP contribution in [0.2, 0.25) is 0 Å². The fourth-order valence-electron chi connectivity index (χ4n) is 3.22. The number of amides is 1. The summed E-state index contributed by atoms with van der Waals surface area (Å²) in [6.07, 6.45) is 0.903. The summed E-state index contributed by atoms with van der Waals surface area (Å²) in [5, 5.41) is 3.95. The van der Waals surface area contributed by atoms with Crippen molar-refractivity contribution in [1.82, 2.24) is 5.32 Å². The normalized spacial score (nSPS) is 12.3. The number of carbonyl (C=O) groups is 1. The second-order valence-corrected chi connectivity index (χ2v) is 7.09. The molecule has 0 unspecified atom stereocenters. The first-order valence-corrected chi connectivity index (χ1v) is 9.19. The van der Waals surface area contributed by atoms with E-state index in [1.54, 1.807) is 7.11 Å². The number of benzene rings is 2. The number of hydrogen-bond donors (Lipinski definition) is 2. The third-order valence-corrected chi connectivity index (χ3v) is 5.00. The summed E-state index contributed by atoms with van der Waals surface area (Å²) in [7, 11) is 5.84. The van der Waals surface area contributed by atoms with Gasteiger partial charge in [0, 0.05) is 17.4 Å². The van der Waals surface area contributed by atoms with Crippen molar-refractivity contribution >= 4 is 16.9 Å². The largest absolute Gasteiger partial charge is 0.497 e. The first-order valence-electron chi connectivity index (χ1n) is 9.19. The molecule has 142 valence electrons. The van der Waals surface area contributed by atoms with Crippen molar-refractivity contribution in [3.05, 3.63) is 65.4 Å². The topological polar surface area (TPSA) is 55.9 Å². The van der Waals surface area contributed by atoms with Crippen LogP contribution in [0.15, 0.2) is 52.9 Å². The van der Waals surface area contributed by atoms with Gasteiger partial charge in [-0.05, 0) is 30.7 Å². The number of ether oxygens (including phenoxy) is 1. The molecule has 0 bridgehead atoms. The molecule has 0 aliphatic carbocycles. The Morgan fingerprint density at radius 3 is 2.59 bits per heavy atom. The van der Waals surface area contributed by atoms with E-state index in [4.69, 9.17) is 9.15 Å². The molecule has 0 aliphatic heterocycles. The highest BCUT2D eigenvalue weighted by Crippen LogP contribution is 2.28. The summed E-state index contributed by atoms with van der Waals surface area (Å²) in [4.78, 5) is 14.0. The van der Waals surface area contributed by atoms with Crippen LogP contribution >= 0.6 is 0 Å². The molecule has 1 aromatic heterocycles. The van der Waals surface area contributed by atoms with E-state index in [0.29, 0.717) is 17.9 Å². The molecule has 3 aromatic rings. The maximum absolute atomic E-state index is 12.7. The van der Waals surface area contributed by atoms with Gasteiger partial charge in [-0.25, -0.2) is 0 Å². The number of hydrogen-bond acceptors (Lipinski definition) is 3. The van der Waals surface area contributed by atoms with Gasteiger partial charge < -0.3 is 19.4 Å². The van der Waals surface area contributed by atoms with E-state index >= 15 is 0 Å². The van der Waals surface area contributed by atoms with Crippen molar-refractivity contribution in [2.24, 2.45) is 0 Å². The van der Waals surface area contributed by atoms with Gasteiger partial charge in [-0.2, -0.15) is 0 Å². The van der Waals surface area contributed by atoms with Gasteiger partial charge in [0.25, 0.3) is 5.91 Å². The van der Waals surface area contributed by atoms with Crippen LogP contribution in [0.5, 0.6) is 5.75 Å². The lowest BCUT2D eigenvalue weighted by Gasteiger charge is -2.21. The van der Waals surface area contributed by atoms with E-state index in [0.717, 1.165) is 23.1 Å².